The van der Waals surface area contributed by atoms with Gasteiger partial charge in [-0.15, -0.1) is 11.3 Å². The summed E-state index contributed by atoms with van der Waals surface area (Å²) in [6, 6.07) is 4.91. The quantitative estimate of drug-likeness (QED) is 0.822. The van der Waals surface area contributed by atoms with Gasteiger partial charge in [-0.1, -0.05) is 6.07 Å². The van der Waals surface area contributed by atoms with Crippen LogP contribution in [0.5, 0.6) is 0 Å². The van der Waals surface area contributed by atoms with Crippen LogP contribution in [0.2, 0.25) is 0 Å². The van der Waals surface area contributed by atoms with Crippen LogP contribution in [-0.2, 0) is 6.54 Å². The van der Waals surface area contributed by atoms with Gasteiger partial charge in [-0.3, -0.25) is 9.80 Å². The van der Waals surface area contributed by atoms with Gasteiger partial charge in [0.25, 0.3) is 0 Å². The fraction of sp³-hybridized carbons (Fsp3) is 0.600. The lowest BCUT2D eigenvalue weighted by molar-refractivity contribution is 0.125. The van der Waals surface area contributed by atoms with Crippen LogP contribution in [0.3, 0.4) is 0 Å². The van der Waals surface area contributed by atoms with Crippen molar-refractivity contribution in [1.29, 1.82) is 0 Å². The van der Waals surface area contributed by atoms with E-state index in [-0.39, 0.29) is 0 Å². The highest BCUT2D eigenvalue weighted by Gasteiger charge is 2.37. The van der Waals surface area contributed by atoms with Crippen molar-refractivity contribution in [3.05, 3.63) is 35.5 Å². The van der Waals surface area contributed by atoms with Gasteiger partial charge in [0.2, 0.25) is 0 Å². The number of fused-ring (bicyclic) bond motifs is 4. The van der Waals surface area contributed by atoms with E-state index in [0.717, 1.165) is 35.1 Å². The summed E-state index contributed by atoms with van der Waals surface area (Å²) in [4.78, 5) is 15.8. The number of aromatic nitrogens is 2. The van der Waals surface area contributed by atoms with Gasteiger partial charge in [0.15, 0.2) is 5.82 Å². The first-order chi connectivity index (χ1) is 12.3. The zero-order valence-corrected chi connectivity index (χ0v) is 15.5. The minimum atomic E-state index is 0.769. The van der Waals surface area contributed by atoms with Crippen molar-refractivity contribution in [2.75, 3.05) is 26.2 Å². The highest BCUT2D eigenvalue weighted by Crippen LogP contribution is 2.35. The molecule has 2 bridgehead atoms. The summed E-state index contributed by atoms with van der Waals surface area (Å²) in [6.07, 6.45) is 9.78. The summed E-state index contributed by atoms with van der Waals surface area (Å²) in [5.74, 6) is 2.71. The lowest BCUT2D eigenvalue weighted by atomic mass is 9.95. The van der Waals surface area contributed by atoms with E-state index in [4.69, 9.17) is 0 Å². The molecule has 3 aliphatic heterocycles. The van der Waals surface area contributed by atoms with Crippen molar-refractivity contribution in [2.24, 2.45) is 11.8 Å². The highest BCUT2D eigenvalue weighted by molar-refractivity contribution is 7.13. The summed E-state index contributed by atoms with van der Waals surface area (Å²) in [5.41, 5.74) is 1.25. The normalized spacial score (nSPS) is 27.5. The van der Waals surface area contributed by atoms with Crippen molar-refractivity contribution in [1.82, 2.24) is 19.8 Å². The molecule has 0 N–H and O–H groups in total. The van der Waals surface area contributed by atoms with E-state index >= 15 is 0 Å². The number of rotatable bonds is 5. The molecule has 2 aromatic rings. The minimum absolute atomic E-state index is 0.769. The monoisotopic (exact) mass is 354 g/mol. The minimum Gasteiger partial charge on any atom is -0.299 e. The maximum absolute atomic E-state index is 4.59. The van der Waals surface area contributed by atoms with Crippen LogP contribution in [0.15, 0.2) is 29.9 Å². The van der Waals surface area contributed by atoms with Crippen LogP contribution in [0, 0.1) is 11.8 Å². The molecule has 3 saturated heterocycles. The number of piperidine rings is 1. The second-order valence-electron chi connectivity index (χ2n) is 8.08. The molecular formula is C20H26N4S. The Morgan fingerprint density at radius 2 is 1.92 bits per heavy atom. The van der Waals surface area contributed by atoms with Gasteiger partial charge in [-0.25, -0.2) is 9.97 Å². The Hall–Kier alpha value is -1.30. The lowest BCUT2D eigenvalue weighted by Gasteiger charge is -2.36. The molecule has 1 saturated carbocycles. The van der Waals surface area contributed by atoms with E-state index in [1.807, 2.05) is 12.4 Å². The van der Waals surface area contributed by atoms with Gasteiger partial charge in [0.1, 0.15) is 0 Å². The molecule has 2 atom stereocenters. The van der Waals surface area contributed by atoms with Crippen LogP contribution in [0.25, 0.3) is 10.7 Å². The molecule has 0 aromatic carbocycles. The third-order valence-corrected chi connectivity index (χ3v) is 6.81. The molecule has 132 valence electrons. The van der Waals surface area contributed by atoms with Crippen LogP contribution >= 0.6 is 11.3 Å². The fourth-order valence-corrected chi connectivity index (χ4v) is 5.16. The van der Waals surface area contributed by atoms with Crippen LogP contribution in [0.4, 0.5) is 0 Å². The highest BCUT2D eigenvalue weighted by atomic mass is 32.1. The van der Waals surface area contributed by atoms with Crippen molar-refractivity contribution >= 4 is 11.3 Å². The lowest BCUT2D eigenvalue weighted by Crippen LogP contribution is -2.44. The smallest absolute Gasteiger partial charge is 0.169 e. The molecule has 2 aromatic heterocycles. The number of nitrogens with zero attached hydrogens (tertiary/aromatic N) is 4. The zero-order chi connectivity index (χ0) is 16.6. The Morgan fingerprint density at radius 1 is 1.04 bits per heavy atom. The molecular weight excluding hydrogens is 328 g/mol. The van der Waals surface area contributed by atoms with E-state index in [2.05, 4.69) is 37.3 Å². The number of thiophene rings is 1. The Balaban J connectivity index is 1.25. The van der Waals surface area contributed by atoms with Crippen LogP contribution in [0.1, 0.15) is 31.2 Å². The largest absolute Gasteiger partial charge is 0.299 e. The molecule has 4 fully saturated rings. The molecule has 4 aliphatic rings. The van der Waals surface area contributed by atoms with E-state index < -0.39 is 0 Å². The van der Waals surface area contributed by atoms with Gasteiger partial charge in [0, 0.05) is 56.7 Å². The maximum Gasteiger partial charge on any atom is 0.169 e. The van der Waals surface area contributed by atoms with Crippen molar-refractivity contribution in [3.63, 3.8) is 0 Å². The predicted octanol–water partition coefficient (Wildman–Crippen LogP) is 3.51. The maximum atomic E-state index is 4.59. The zero-order valence-electron chi connectivity index (χ0n) is 14.7. The Bertz CT molecular complexity index is 695. The molecule has 1 aliphatic carbocycles. The molecule has 25 heavy (non-hydrogen) atoms. The molecule has 5 heterocycles. The van der Waals surface area contributed by atoms with E-state index in [1.54, 1.807) is 11.3 Å². The van der Waals surface area contributed by atoms with E-state index in [1.165, 1.54) is 57.4 Å². The van der Waals surface area contributed by atoms with Gasteiger partial charge >= 0.3 is 0 Å². The topological polar surface area (TPSA) is 32.3 Å². The second-order valence-corrected chi connectivity index (χ2v) is 9.03. The molecule has 4 nitrogen and oxygen atoms in total. The van der Waals surface area contributed by atoms with Gasteiger partial charge in [-0.2, -0.15) is 0 Å². The standard InChI is InChI=1S/C20H26N4S/c1-2-19(25-7-1)20-21-8-17(9-22-20)11-23-10-16-5-6-18(14-23)24(13-16)12-15-3-4-15/h1-2,7-9,15-16,18H,3-6,10-14H2. The first-order valence-electron chi connectivity index (χ1n) is 9.65. The Labute approximate surface area is 153 Å². The summed E-state index contributed by atoms with van der Waals surface area (Å²) in [7, 11) is 0. The van der Waals surface area contributed by atoms with Crippen molar-refractivity contribution < 1.29 is 0 Å². The third-order valence-electron chi connectivity index (χ3n) is 5.95. The van der Waals surface area contributed by atoms with Crippen LogP contribution < -0.4 is 0 Å². The third kappa shape index (κ3) is 3.64. The fourth-order valence-electron chi connectivity index (χ4n) is 4.49. The SMILES string of the molecule is c1csc(-c2ncc(CN3CC4CCC(C3)N(CC3CC3)C4)cn2)c1. The Kier molecular flexibility index (Phi) is 4.32. The average Bonchev–Trinajstić information content (AvgIpc) is 3.35. The van der Waals surface area contributed by atoms with Crippen molar-refractivity contribution in [2.45, 2.75) is 38.3 Å². The van der Waals surface area contributed by atoms with Gasteiger partial charge in [0.05, 0.1) is 4.88 Å². The van der Waals surface area contributed by atoms with Crippen LogP contribution in [-0.4, -0.2) is 52.0 Å². The first kappa shape index (κ1) is 15.9. The number of hydrogen-bond acceptors (Lipinski definition) is 5. The second kappa shape index (κ2) is 6.78. The molecule has 0 spiro atoms. The summed E-state index contributed by atoms with van der Waals surface area (Å²) < 4.78 is 0. The summed E-state index contributed by atoms with van der Waals surface area (Å²) >= 11 is 1.70. The average molecular weight is 355 g/mol. The summed E-state index contributed by atoms with van der Waals surface area (Å²) in [5, 5.41) is 2.08. The van der Waals surface area contributed by atoms with E-state index in [0.29, 0.717) is 0 Å². The molecule has 0 radical (unpaired) electrons. The molecule has 6 rings (SSSR count). The van der Waals surface area contributed by atoms with Gasteiger partial charge in [-0.05, 0) is 49.0 Å². The molecule has 5 heteroatoms. The summed E-state index contributed by atoms with van der Waals surface area (Å²) in [6.45, 7) is 6.13. The first-order valence-corrected chi connectivity index (χ1v) is 10.5. The predicted molar refractivity (Wildman–Crippen MR) is 101 cm³/mol. The van der Waals surface area contributed by atoms with E-state index in [9.17, 15) is 0 Å². The van der Waals surface area contributed by atoms with Gasteiger partial charge < -0.3 is 0 Å². The van der Waals surface area contributed by atoms with Crippen molar-refractivity contribution in [3.8, 4) is 10.7 Å². The number of hydrogen-bond donors (Lipinski definition) is 0. The Morgan fingerprint density at radius 3 is 2.68 bits per heavy atom. The molecule has 0 amide bonds. The molecule has 2 unspecified atom stereocenters.